The van der Waals surface area contributed by atoms with Crippen molar-refractivity contribution in [2.45, 2.75) is 6.42 Å². The molecule has 0 unspecified atom stereocenters. The summed E-state index contributed by atoms with van der Waals surface area (Å²) in [6, 6.07) is 26.2. The number of aromatic nitrogens is 2. The molecule has 1 fully saturated rings. The predicted molar refractivity (Wildman–Crippen MR) is 130 cm³/mol. The first kappa shape index (κ1) is 20.9. The molecular weight excluding hydrogens is 412 g/mol. The molecule has 6 nitrogen and oxygen atoms in total. The van der Waals surface area contributed by atoms with Gasteiger partial charge in [0.2, 0.25) is 5.91 Å². The highest BCUT2D eigenvalue weighted by molar-refractivity contribution is 5.90. The standard InChI is InChI=1S/C27H26N4O2/c1-33-23-10-5-9-22(18-23)25-12-13-26(29-28-25)30-14-16-31(17-15-30)27(32)19-21-8-4-7-20-6-2-3-11-24(20)21/h2-13,18H,14-17,19H2,1H3. The topological polar surface area (TPSA) is 58.6 Å². The fourth-order valence-corrected chi connectivity index (χ4v) is 4.34. The number of hydrogen-bond acceptors (Lipinski definition) is 5. The third-order valence-corrected chi connectivity index (χ3v) is 6.19. The zero-order valence-electron chi connectivity index (χ0n) is 18.6. The van der Waals surface area contributed by atoms with Gasteiger partial charge in [-0.25, -0.2) is 0 Å². The zero-order valence-corrected chi connectivity index (χ0v) is 18.6. The van der Waals surface area contributed by atoms with Crippen molar-refractivity contribution in [3.05, 3.63) is 84.4 Å². The Morgan fingerprint density at radius 3 is 2.45 bits per heavy atom. The molecule has 5 rings (SSSR count). The van der Waals surface area contributed by atoms with E-state index >= 15 is 0 Å². The van der Waals surface area contributed by atoms with Crippen LogP contribution >= 0.6 is 0 Å². The zero-order chi connectivity index (χ0) is 22.6. The average Bonchev–Trinajstić information content (AvgIpc) is 2.89. The Morgan fingerprint density at radius 2 is 1.67 bits per heavy atom. The van der Waals surface area contributed by atoms with E-state index in [-0.39, 0.29) is 5.91 Å². The predicted octanol–water partition coefficient (Wildman–Crippen LogP) is 4.20. The van der Waals surface area contributed by atoms with Gasteiger partial charge >= 0.3 is 0 Å². The number of rotatable bonds is 5. The van der Waals surface area contributed by atoms with Crippen molar-refractivity contribution in [3.8, 4) is 17.0 Å². The van der Waals surface area contributed by atoms with Crippen LogP contribution in [0.5, 0.6) is 5.75 Å². The van der Waals surface area contributed by atoms with E-state index in [1.165, 1.54) is 5.39 Å². The highest BCUT2D eigenvalue weighted by Crippen LogP contribution is 2.24. The number of carbonyl (C=O) groups excluding carboxylic acids is 1. The van der Waals surface area contributed by atoms with Gasteiger partial charge in [-0.2, -0.15) is 0 Å². The van der Waals surface area contributed by atoms with Gasteiger partial charge in [-0.05, 0) is 40.6 Å². The maximum atomic E-state index is 13.0. The van der Waals surface area contributed by atoms with Crippen molar-refractivity contribution in [2.24, 2.45) is 0 Å². The minimum Gasteiger partial charge on any atom is -0.497 e. The average molecular weight is 439 g/mol. The molecule has 6 heteroatoms. The highest BCUT2D eigenvalue weighted by atomic mass is 16.5. The van der Waals surface area contributed by atoms with Gasteiger partial charge in [0.1, 0.15) is 5.75 Å². The first-order valence-corrected chi connectivity index (χ1v) is 11.2. The maximum absolute atomic E-state index is 13.0. The third kappa shape index (κ3) is 4.51. The second-order valence-corrected chi connectivity index (χ2v) is 8.19. The first-order valence-electron chi connectivity index (χ1n) is 11.2. The Balaban J connectivity index is 1.21. The largest absolute Gasteiger partial charge is 0.497 e. The number of nitrogens with zero attached hydrogens (tertiary/aromatic N) is 4. The van der Waals surface area contributed by atoms with E-state index in [9.17, 15) is 4.79 Å². The summed E-state index contributed by atoms with van der Waals surface area (Å²) in [5.74, 6) is 1.80. The van der Waals surface area contributed by atoms with Crippen LogP contribution in [0.2, 0.25) is 0 Å². The Morgan fingerprint density at radius 1 is 0.879 bits per heavy atom. The normalized spacial score (nSPS) is 13.8. The van der Waals surface area contributed by atoms with Crippen molar-refractivity contribution < 1.29 is 9.53 Å². The number of hydrogen-bond donors (Lipinski definition) is 0. The lowest BCUT2D eigenvalue weighted by molar-refractivity contribution is -0.130. The Kier molecular flexibility index (Phi) is 5.89. The summed E-state index contributed by atoms with van der Waals surface area (Å²) >= 11 is 0. The summed E-state index contributed by atoms with van der Waals surface area (Å²) in [5.41, 5.74) is 2.86. The van der Waals surface area contributed by atoms with Crippen LogP contribution in [0.1, 0.15) is 5.56 Å². The summed E-state index contributed by atoms with van der Waals surface area (Å²) in [4.78, 5) is 17.1. The van der Waals surface area contributed by atoms with E-state index < -0.39 is 0 Å². The monoisotopic (exact) mass is 438 g/mol. The number of methoxy groups -OCH3 is 1. The number of anilines is 1. The number of piperazine rings is 1. The van der Waals surface area contributed by atoms with Crippen molar-refractivity contribution >= 4 is 22.5 Å². The molecular formula is C27H26N4O2. The van der Waals surface area contributed by atoms with Gasteiger partial charge in [0, 0.05) is 31.7 Å². The van der Waals surface area contributed by atoms with Crippen LogP contribution in [0.3, 0.4) is 0 Å². The van der Waals surface area contributed by atoms with Crippen molar-refractivity contribution in [1.29, 1.82) is 0 Å². The van der Waals surface area contributed by atoms with Crippen molar-refractivity contribution in [1.82, 2.24) is 15.1 Å². The fraction of sp³-hybridized carbons (Fsp3) is 0.222. The van der Waals surface area contributed by atoms with Crippen LogP contribution in [0, 0.1) is 0 Å². The van der Waals surface area contributed by atoms with Crippen LogP contribution in [0.4, 0.5) is 5.82 Å². The lowest BCUT2D eigenvalue weighted by Gasteiger charge is -2.35. The summed E-state index contributed by atoms with van der Waals surface area (Å²) in [6.07, 6.45) is 0.427. The maximum Gasteiger partial charge on any atom is 0.227 e. The summed E-state index contributed by atoms with van der Waals surface area (Å²) in [5, 5.41) is 11.2. The number of fused-ring (bicyclic) bond motifs is 1. The van der Waals surface area contributed by atoms with E-state index in [0.717, 1.165) is 46.9 Å². The van der Waals surface area contributed by atoms with Crippen LogP contribution in [-0.2, 0) is 11.2 Å². The molecule has 4 aromatic rings. The van der Waals surface area contributed by atoms with E-state index in [1.54, 1.807) is 7.11 Å². The molecule has 0 radical (unpaired) electrons. The Hall–Kier alpha value is -3.93. The minimum absolute atomic E-state index is 0.172. The van der Waals surface area contributed by atoms with Gasteiger partial charge in [-0.15, -0.1) is 10.2 Å². The van der Waals surface area contributed by atoms with Gasteiger partial charge in [0.25, 0.3) is 0 Å². The SMILES string of the molecule is COc1cccc(-c2ccc(N3CCN(C(=O)Cc4cccc5ccccc45)CC3)nn2)c1. The molecule has 1 aliphatic heterocycles. The number of ether oxygens (including phenoxy) is 1. The lowest BCUT2D eigenvalue weighted by atomic mass is 10.0. The molecule has 3 aromatic carbocycles. The number of benzene rings is 3. The molecule has 0 aliphatic carbocycles. The number of carbonyl (C=O) groups is 1. The second-order valence-electron chi connectivity index (χ2n) is 8.19. The molecule has 1 saturated heterocycles. The van der Waals surface area contributed by atoms with Crippen molar-refractivity contribution in [2.75, 3.05) is 38.2 Å². The van der Waals surface area contributed by atoms with Gasteiger partial charge < -0.3 is 14.5 Å². The van der Waals surface area contributed by atoms with Crippen LogP contribution in [0.25, 0.3) is 22.0 Å². The van der Waals surface area contributed by atoms with E-state index in [4.69, 9.17) is 4.74 Å². The molecule has 1 amide bonds. The van der Waals surface area contributed by atoms with E-state index in [2.05, 4.69) is 39.4 Å². The summed E-state index contributed by atoms with van der Waals surface area (Å²) in [7, 11) is 1.65. The number of amides is 1. The molecule has 166 valence electrons. The quantitative estimate of drug-likeness (QED) is 0.468. The van der Waals surface area contributed by atoms with Gasteiger partial charge in [-0.1, -0.05) is 54.6 Å². The molecule has 33 heavy (non-hydrogen) atoms. The summed E-state index contributed by atoms with van der Waals surface area (Å²) in [6.45, 7) is 2.86. The molecule has 0 saturated carbocycles. The van der Waals surface area contributed by atoms with E-state index in [0.29, 0.717) is 19.5 Å². The smallest absolute Gasteiger partial charge is 0.227 e. The van der Waals surface area contributed by atoms with Gasteiger partial charge in [0.05, 0.1) is 19.2 Å². The van der Waals surface area contributed by atoms with E-state index in [1.807, 2.05) is 59.5 Å². The Bertz CT molecular complexity index is 1260. The fourth-order valence-electron chi connectivity index (χ4n) is 4.34. The van der Waals surface area contributed by atoms with Gasteiger partial charge in [0.15, 0.2) is 5.82 Å². The molecule has 1 aromatic heterocycles. The highest BCUT2D eigenvalue weighted by Gasteiger charge is 2.22. The first-order chi connectivity index (χ1) is 16.2. The third-order valence-electron chi connectivity index (χ3n) is 6.19. The van der Waals surface area contributed by atoms with Crippen molar-refractivity contribution in [3.63, 3.8) is 0 Å². The molecule has 0 atom stereocenters. The molecule has 0 N–H and O–H groups in total. The van der Waals surface area contributed by atoms with Crippen LogP contribution in [0.15, 0.2) is 78.9 Å². The summed E-state index contributed by atoms with van der Waals surface area (Å²) < 4.78 is 5.29. The van der Waals surface area contributed by atoms with Crippen LogP contribution < -0.4 is 9.64 Å². The van der Waals surface area contributed by atoms with Crippen LogP contribution in [-0.4, -0.2) is 54.3 Å². The molecule has 0 spiro atoms. The Labute approximate surface area is 193 Å². The lowest BCUT2D eigenvalue weighted by Crippen LogP contribution is -2.49. The minimum atomic E-state index is 0.172. The molecule has 2 heterocycles. The second kappa shape index (κ2) is 9.28. The molecule has 1 aliphatic rings. The van der Waals surface area contributed by atoms with Gasteiger partial charge in [-0.3, -0.25) is 4.79 Å². The molecule has 0 bridgehead atoms.